The van der Waals surface area contributed by atoms with Gasteiger partial charge in [0.2, 0.25) is 11.8 Å². The van der Waals surface area contributed by atoms with E-state index in [0.717, 1.165) is 73.1 Å². The first kappa shape index (κ1) is 29.5. The lowest BCUT2D eigenvalue weighted by atomic mass is 10.0. The first-order valence-electron chi connectivity index (χ1n) is 15.8. The fourth-order valence-corrected chi connectivity index (χ4v) is 6.64. The lowest BCUT2D eigenvalue weighted by Crippen LogP contribution is -2.56. The quantitative estimate of drug-likeness (QED) is 0.279. The average molecular weight is 612 g/mol. The Morgan fingerprint density at radius 3 is 2.42 bits per heavy atom. The molecule has 3 aliphatic heterocycles. The topological polar surface area (TPSA) is 98.1 Å². The van der Waals surface area contributed by atoms with Crippen LogP contribution in [-0.4, -0.2) is 100 Å². The molecular weight excluding hydrogens is 570 g/mol. The molecule has 0 spiro atoms. The van der Waals surface area contributed by atoms with Gasteiger partial charge in [-0.25, -0.2) is 9.97 Å². The molecule has 3 saturated heterocycles. The number of aromatic nitrogens is 4. The Balaban J connectivity index is 1.06. The maximum absolute atomic E-state index is 13.1. The average Bonchev–Trinajstić information content (AvgIpc) is 3.62. The van der Waals surface area contributed by atoms with Gasteiger partial charge in [-0.3, -0.25) is 14.7 Å². The Morgan fingerprint density at radius 2 is 1.76 bits per heavy atom. The summed E-state index contributed by atoms with van der Waals surface area (Å²) in [7, 11) is 3.59. The molecular formula is C34H41N7O4. The number of hydrogen-bond donors (Lipinski definition) is 0. The van der Waals surface area contributed by atoms with Crippen LogP contribution >= 0.6 is 0 Å². The number of hydrogen-bond acceptors (Lipinski definition) is 9. The van der Waals surface area contributed by atoms with Gasteiger partial charge in [-0.15, -0.1) is 0 Å². The van der Waals surface area contributed by atoms with Crippen molar-refractivity contribution in [3.05, 3.63) is 60.6 Å². The van der Waals surface area contributed by atoms with Crippen LogP contribution in [0, 0.1) is 5.92 Å². The molecule has 45 heavy (non-hydrogen) atoms. The minimum Gasteiger partial charge on any atom is -0.497 e. The number of nitrogens with zero attached hydrogens (tertiary/aromatic N) is 7. The van der Waals surface area contributed by atoms with Crippen LogP contribution in [0.1, 0.15) is 31.9 Å². The van der Waals surface area contributed by atoms with Crippen LogP contribution in [0.25, 0.3) is 22.4 Å². The molecule has 6 heterocycles. The molecule has 236 valence electrons. The summed E-state index contributed by atoms with van der Waals surface area (Å²) in [4.78, 5) is 34.4. The third-order valence-corrected chi connectivity index (χ3v) is 9.71. The third kappa shape index (κ3) is 5.82. The van der Waals surface area contributed by atoms with E-state index in [1.165, 1.54) is 0 Å². The number of fused-ring (bicyclic) bond motifs is 1. The Hall–Kier alpha value is -4.22. The SMILES string of the molecule is COc1ccc([C@@H](C)N2C[C@H]([C@@H](C)Oc3nc(-c4ccc(N5CCN(C6COC6)CC5)cn4)cc4ncn(C)c34)CC2=O)cc1. The number of ether oxygens (including phenoxy) is 3. The summed E-state index contributed by atoms with van der Waals surface area (Å²) in [5.74, 6) is 1.47. The van der Waals surface area contributed by atoms with Gasteiger partial charge in [0.1, 0.15) is 17.4 Å². The summed E-state index contributed by atoms with van der Waals surface area (Å²) >= 11 is 0. The second kappa shape index (κ2) is 12.3. The monoisotopic (exact) mass is 611 g/mol. The minimum atomic E-state index is -0.233. The molecule has 0 bridgehead atoms. The number of piperazine rings is 1. The zero-order valence-corrected chi connectivity index (χ0v) is 26.4. The predicted octanol–water partition coefficient (Wildman–Crippen LogP) is 3.94. The molecule has 3 fully saturated rings. The van der Waals surface area contributed by atoms with E-state index in [-0.39, 0.29) is 24.0 Å². The molecule has 4 aromatic rings. The van der Waals surface area contributed by atoms with Crippen LogP contribution in [0.15, 0.2) is 55.0 Å². The molecule has 0 saturated carbocycles. The number of carbonyl (C=O) groups is 1. The van der Waals surface area contributed by atoms with Crippen LogP contribution in [0.2, 0.25) is 0 Å². The second-order valence-corrected chi connectivity index (χ2v) is 12.4. The standard InChI is InChI=1S/C34H41N7O4/c1-22(24-5-8-28(43-4)9-6-24)41-18-25(15-32(41)42)23(2)45-34-33-31(36-21-38(33)3)16-30(37-34)29-10-7-26(17-35-29)39-11-13-40(14-12-39)27-19-44-20-27/h5-10,16-17,21-23,25,27H,11-15,18-20H2,1-4H3/t22-,23-,25-/m1/s1. The Bertz CT molecular complexity index is 1650. The van der Waals surface area contributed by atoms with E-state index in [2.05, 4.69) is 27.8 Å². The zero-order valence-electron chi connectivity index (χ0n) is 26.4. The highest BCUT2D eigenvalue weighted by atomic mass is 16.5. The number of imidazole rings is 1. The van der Waals surface area contributed by atoms with Gasteiger partial charge in [0.15, 0.2) is 0 Å². The van der Waals surface area contributed by atoms with Gasteiger partial charge in [-0.1, -0.05) is 12.1 Å². The highest BCUT2D eigenvalue weighted by Gasteiger charge is 2.37. The van der Waals surface area contributed by atoms with E-state index >= 15 is 0 Å². The lowest BCUT2D eigenvalue weighted by Gasteiger charge is -2.43. The number of rotatable bonds is 9. The molecule has 1 amide bonds. The number of amides is 1. The number of benzene rings is 1. The van der Waals surface area contributed by atoms with Crippen LogP contribution in [0.4, 0.5) is 5.69 Å². The van der Waals surface area contributed by atoms with E-state index < -0.39 is 0 Å². The van der Waals surface area contributed by atoms with Gasteiger partial charge in [-0.05, 0) is 49.7 Å². The van der Waals surface area contributed by atoms with E-state index in [1.54, 1.807) is 13.4 Å². The van der Waals surface area contributed by atoms with E-state index in [4.69, 9.17) is 24.2 Å². The van der Waals surface area contributed by atoms with Gasteiger partial charge in [-0.2, -0.15) is 0 Å². The van der Waals surface area contributed by atoms with Crippen LogP contribution in [0.5, 0.6) is 11.6 Å². The molecule has 0 N–H and O–H groups in total. The predicted molar refractivity (Wildman–Crippen MR) is 171 cm³/mol. The molecule has 3 aromatic heterocycles. The number of aryl methyl sites for hydroxylation is 1. The molecule has 3 atom stereocenters. The third-order valence-electron chi connectivity index (χ3n) is 9.71. The number of anilines is 1. The van der Waals surface area contributed by atoms with Gasteiger partial charge in [0, 0.05) is 52.1 Å². The van der Waals surface area contributed by atoms with Crippen LogP contribution in [0.3, 0.4) is 0 Å². The Kier molecular flexibility index (Phi) is 8.05. The first-order valence-corrected chi connectivity index (χ1v) is 15.8. The molecule has 7 rings (SSSR count). The molecule has 3 aliphatic rings. The maximum Gasteiger partial charge on any atom is 0.241 e. The molecule has 0 unspecified atom stereocenters. The Labute approximate surface area is 263 Å². The van der Waals surface area contributed by atoms with Crippen molar-refractivity contribution >= 4 is 22.6 Å². The molecule has 11 nitrogen and oxygen atoms in total. The second-order valence-electron chi connectivity index (χ2n) is 12.4. The normalized spacial score (nSPS) is 20.8. The first-order chi connectivity index (χ1) is 21.9. The summed E-state index contributed by atoms with van der Waals surface area (Å²) in [6.07, 6.45) is 3.91. The minimum absolute atomic E-state index is 0.0293. The largest absolute Gasteiger partial charge is 0.497 e. The number of likely N-dealkylation sites (tertiary alicyclic amines) is 1. The van der Waals surface area contributed by atoms with Crippen molar-refractivity contribution in [3.63, 3.8) is 0 Å². The number of carbonyl (C=O) groups excluding carboxylic acids is 1. The van der Waals surface area contributed by atoms with Crippen molar-refractivity contribution in [2.24, 2.45) is 13.0 Å². The number of pyridine rings is 2. The van der Waals surface area contributed by atoms with Gasteiger partial charge in [0.05, 0.1) is 67.5 Å². The highest BCUT2D eigenvalue weighted by molar-refractivity contribution is 5.84. The van der Waals surface area contributed by atoms with Crippen molar-refractivity contribution in [3.8, 4) is 23.0 Å². The molecule has 1 aromatic carbocycles. The van der Waals surface area contributed by atoms with Crippen molar-refractivity contribution < 1.29 is 19.0 Å². The zero-order chi connectivity index (χ0) is 31.1. The Morgan fingerprint density at radius 1 is 0.978 bits per heavy atom. The van der Waals surface area contributed by atoms with E-state index in [0.29, 0.717) is 30.6 Å². The van der Waals surface area contributed by atoms with E-state index in [9.17, 15) is 4.79 Å². The smallest absolute Gasteiger partial charge is 0.241 e. The van der Waals surface area contributed by atoms with Crippen LogP contribution < -0.4 is 14.4 Å². The summed E-state index contributed by atoms with van der Waals surface area (Å²) in [5.41, 5.74) is 5.29. The summed E-state index contributed by atoms with van der Waals surface area (Å²) < 4.78 is 19.2. The highest BCUT2D eigenvalue weighted by Crippen LogP contribution is 2.34. The van der Waals surface area contributed by atoms with Crippen molar-refractivity contribution in [1.29, 1.82) is 0 Å². The van der Waals surface area contributed by atoms with Crippen molar-refractivity contribution in [1.82, 2.24) is 29.3 Å². The fourth-order valence-electron chi connectivity index (χ4n) is 6.64. The number of methoxy groups -OCH3 is 1. The van der Waals surface area contributed by atoms with Crippen molar-refractivity contribution in [2.45, 2.75) is 38.5 Å². The molecule has 0 radical (unpaired) electrons. The van der Waals surface area contributed by atoms with Gasteiger partial charge < -0.3 is 28.6 Å². The van der Waals surface area contributed by atoms with Gasteiger partial charge >= 0.3 is 0 Å². The van der Waals surface area contributed by atoms with Crippen molar-refractivity contribution in [2.75, 3.05) is 57.9 Å². The summed E-state index contributed by atoms with van der Waals surface area (Å²) in [6, 6.07) is 14.6. The van der Waals surface area contributed by atoms with E-state index in [1.807, 2.05) is 66.0 Å². The maximum atomic E-state index is 13.1. The lowest BCUT2D eigenvalue weighted by molar-refractivity contribution is -0.129. The summed E-state index contributed by atoms with van der Waals surface area (Å²) in [6.45, 7) is 10.5. The van der Waals surface area contributed by atoms with Gasteiger partial charge in [0.25, 0.3) is 0 Å². The summed E-state index contributed by atoms with van der Waals surface area (Å²) in [5, 5.41) is 0. The van der Waals surface area contributed by atoms with Crippen LogP contribution in [-0.2, 0) is 16.6 Å². The molecule has 0 aliphatic carbocycles. The molecule has 11 heteroatoms. The fraction of sp³-hybridized carbons (Fsp3) is 0.471.